The van der Waals surface area contributed by atoms with E-state index in [2.05, 4.69) is 5.10 Å². The number of aryl methyl sites for hydroxylation is 2. The molecule has 2 N–H and O–H groups in total. The molecule has 13 heavy (non-hydrogen) atoms. The quantitative estimate of drug-likeness (QED) is 0.751. The molecule has 74 valence electrons. The maximum Gasteiger partial charge on any atom is 0.213 e. The lowest BCUT2D eigenvalue weighted by molar-refractivity contribution is 0.597. The molecular weight excluding hydrogens is 190 g/mol. The van der Waals surface area contributed by atoms with Crippen molar-refractivity contribution >= 4 is 10.0 Å². The second-order valence-corrected chi connectivity index (χ2v) is 4.52. The van der Waals surface area contributed by atoms with E-state index in [1.54, 1.807) is 17.8 Å². The van der Waals surface area contributed by atoms with Crippen molar-refractivity contribution in [3.8, 4) is 0 Å². The average molecular weight is 203 g/mol. The van der Waals surface area contributed by atoms with E-state index in [9.17, 15) is 8.42 Å². The highest BCUT2D eigenvalue weighted by molar-refractivity contribution is 7.88. The first-order chi connectivity index (χ1) is 5.92. The van der Waals surface area contributed by atoms with Gasteiger partial charge in [-0.3, -0.25) is 4.68 Å². The molecule has 0 amide bonds. The Hall–Kier alpha value is -0.880. The smallest absolute Gasteiger partial charge is 0.213 e. The van der Waals surface area contributed by atoms with E-state index >= 15 is 0 Å². The van der Waals surface area contributed by atoms with Crippen LogP contribution in [-0.2, 0) is 22.3 Å². The number of rotatable bonds is 3. The molecule has 0 aromatic carbocycles. The fraction of sp³-hybridized carbons (Fsp3) is 0.571. The first-order valence-electron chi connectivity index (χ1n) is 3.96. The third-order valence-corrected chi connectivity index (χ3v) is 2.44. The summed E-state index contributed by atoms with van der Waals surface area (Å²) in [5, 5.41) is 9.03. The molecule has 0 unspecified atom stereocenters. The van der Waals surface area contributed by atoms with Crippen LogP contribution in [0.3, 0.4) is 0 Å². The minimum Gasteiger partial charge on any atom is -0.272 e. The molecule has 0 aliphatic heterocycles. The normalized spacial score (nSPS) is 11.9. The van der Waals surface area contributed by atoms with Gasteiger partial charge in [-0.1, -0.05) is 0 Å². The molecule has 0 radical (unpaired) electrons. The number of hydrogen-bond acceptors (Lipinski definition) is 3. The van der Waals surface area contributed by atoms with Gasteiger partial charge < -0.3 is 0 Å². The maximum atomic E-state index is 10.8. The number of nitrogens with zero attached hydrogens (tertiary/aromatic N) is 2. The molecule has 1 aromatic heterocycles. The van der Waals surface area contributed by atoms with E-state index in [1.165, 1.54) is 0 Å². The van der Waals surface area contributed by atoms with Gasteiger partial charge in [-0.2, -0.15) is 5.10 Å². The standard InChI is InChI=1S/C7H13N3O2S/c1-3-10-4-7(6(2)9-10)5-13(8,11)12/h4H,3,5H2,1-2H3,(H2,8,11,12). The van der Waals surface area contributed by atoms with Gasteiger partial charge in [-0.05, 0) is 13.8 Å². The Morgan fingerprint density at radius 2 is 2.23 bits per heavy atom. The average Bonchev–Trinajstić information content (AvgIpc) is 2.29. The van der Waals surface area contributed by atoms with E-state index in [0.717, 1.165) is 12.2 Å². The molecule has 1 rings (SSSR count). The number of nitrogens with two attached hydrogens (primary N) is 1. The zero-order valence-corrected chi connectivity index (χ0v) is 8.50. The number of sulfonamides is 1. The second kappa shape index (κ2) is 3.47. The summed E-state index contributed by atoms with van der Waals surface area (Å²) in [6.45, 7) is 4.44. The van der Waals surface area contributed by atoms with E-state index in [1.807, 2.05) is 6.92 Å². The summed E-state index contributed by atoms with van der Waals surface area (Å²) in [5.74, 6) is -0.140. The molecule has 0 fully saturated rings. The van der Waals surface area contributed by atoms with Crippen LogP contribution in [-0.4, -0.2) is 18.2 Å². The Bertz CT molecular complexity index is 394. The van der Waals surface area contributed by atoms with Crippen molar-refractivity contribution in [1.82, 2.24) is 9.78 Å². The van der Waals surface area contributed by atoms with Gasteiger partial charge in [0, 0.05) is 18.3 Å². The van der Waals surface area contributed by atoms with Gasteiger partial charge in [0.1, 0.15) is 0 Å². The van der Waals surface area contributed by atoms with Crippen LogP contribution >= 0.6 is 0 Å². The topological polar surface area (TPSA) is 78.0 Å². The van der Waals surface area contributed by atoms with Gasteiger partial charge in [0.25, 0.3) is 0 Å². The molecule has 0 saturated carbocycles. The fourth-order valence-corrected chi connectivity index (χ4v) is 1.80. The Morgan fingerprint density at radius 3 is 2.62 bits per heavy atom. The highest BCUT2D eigenvalue weighted by atomic mass is 32.2. The first kappa shape index (κ1) is 10.2. The van der Waals surface area contributed by atoms with Crippen LogP contribution in [0.4, 0.5) is 0 Å². The van der Waals surface area contributed by atoms with Gasteiger partial charge in [-0.25, -0.2) is 13.6 Å². The van der Waals surface area contributed by atoms with E-state index in [0.29, 0.717) is 5.56 Å². The summed E-state index contributed by atoms with van der Waals surface area (Å²) in [6.07, 6.45) is 1.71. The van der Waals surface area contributed by atoms with Gasteiger partial charge in [0.05, 0.1) is 11.4 Å². The molecule has 6 heteroatoms. The number of primary sulfonamides is 1. The summed E-state index contributed by atoms with van der Waals surface area (Å²) in [7, 11) is -3.45. The zero-order valence-electron chi connectivity index (χ0n) is 7.69. The van der Waals surface area contributed by atoms with Gasteiger partial charge in [-0.15, -0.1) is 0 Å². The van der Waals surface area contributed by atoms with Gasteiger partial charge >= 0.3 is 0 Å². The molecule has 0 bridgehead atoms. The maximum absolute atomic E-state index is 10.8. The minimum atomic E-state index is -3.45. The highest BCUT2D eigenvalue weighted by Crippen LogP contribution is 2.08. The molecular formula is C7H13N3O2S. The van der Waals surface area contributed by atoms with Crippen molar-refractivity contribution < 1.29 is 8.42 Å². The molecule has 0 aliphatic carbocycles. The largest absolute Gasteiger partial charge is 0.272 e. The molecule has 5 nitrogen and oxygen atoms in total. The Morgan fingerprint density at radius 1 is 1.62 bits per heavy atom. The minimum absolute atomic E-state index is 0.140. The van der Waals surface area contributed by atoms with E-state index < -0.39 is 10.0 Å². The van der Waals surface area contributed by atoms with Crippen molar-refractivity contribution in [2.45, 2.75) is 26.1 Å². The highest BCUT2D eigenvalue weighted by Gasteiger charge is 2.10. The summed E-state index contributed by atoms with van der Waals surface area (Å²) < 4.78 is 23.3. The first-order valence-corrected chi connectivity index (χ1v) is 5.67. The molecule has 0 saturated heterocycles. The SMILES string of the molecule is CCn1cc(CS(N)(=O)=O)c(C)n1. The third-order valence-electron chi connectivity index (χ3n) is 1.73. The van der Waals surface area contributed by atoms with Crippen molar-refractivity contribution in [1.29, 1.82) is 0 Å². The van der Waals surface area contributed by atoms with Gasteiger partial charge in [0.2, 0.25) is 10.0 Å². The summed E-state index contributed by atoms with van der Waals surface area (Å²) in [4.78, 5) is 0. The van der Waals surface area contributed by atoms with Crippen LogP contribution in [0.25, 0.3) is 0 Å². The number of aromatic nitrogens is 2. The van der Waals surface area contributed by atoms with Crippen LogP contribution in [0, 0.1) is 6.92 Å². The van der Waals surface area contributed by atoms with Crippen molar-refractivity contribution in [3.05, 3.63) is 17.5 Å². The predicted octanol–water partition coefficient (Wildman–Crippen LogP) is -0.0000800. The molecule has 0 aliphatic rings. The summed E-state index contributed by atoms with van der Waals surface area (Å²) in [6, 6.07) is 0. The Kier molecular flexibility index (Phi) is 2.72. The summed E-state index contributed by atoms with van der Waals surface area (Å²) in [5.41, 5.74) is 1.39. The van der Waals surface area contributed by atoms with Gasteiger partial charge in [0.15, 0.2) is 0 Å². The predicted molar refractivity (Wildman–Crippen MR) is 49.4 cm³/mol. The molecule has 1 aromatic rings. The lowest BCUT2D eigenvalue weighted by Gasteiger charge is -1.94. The lowest BCUT2D eigenvalue weighted by Crippen LogP contribution is -2.14. The Balaban J connectivity index is 2.95. The molecule has 0 atom stereocenters. The van der Waals surface area contributed by atoms with Crippen molar-refractivity contribution in [2.24, 2.45) is 5.14 Å². The van der Waals surface area contributed by atoms with Crippen molar-refractivity contribution in [3.63, 3.8) is 0 Å². The zero-order chi connectivity index (χ0) is 10.1. The summed E-state index contributed by atoms with van der Waals surface area (Å²) >= 11 is 0. The van der Waals surface area contributed by atoms with E-state index in [-0.39, 0.29) is 5.75 Å². The van der Waals surface area contributed by atoms with E-state index in [4.69, 9.17) is 5.14 Å². The van der Waals surface area contributed by atoms with Crippen molar-refractivity contribution in [2.75, 3.05) is 0 Å². The van der Waals surface area contributed by atoms with Crippen LogP contribution in [0.15, 0.2) is 6.20 Å². The lowest BCUT2D eigenvalue weighted by atomic mass is 10.3. The van der Waals surface area contributed by atoms with Crippen LogP contribution in [0.5, 0.6) is 0 Å². The number of hydrogen-bond donors (Lipinski definition) is 1. The fourth-order valence-electron chi connectivity index (χ4n) is 1.08. The van der Waals surface area contributed by atoms with Crippen LogP contribution < -0.4 is 5.14 Å². The van der Waals surface area contributed by atoms with Crippen LogP contribution in [0.1, 0.15) is 18.2 Å². The molecule has 0 spiro atoms. The van der Waals surface area contributed by atoms with Crippen LogP contribution in [0.2, 0.25) is 0 Å². The Labute approximate surface area is 77.6 Å². The second-order valence-electron chi connectivity index (χ2n) is 2.90. The molecule has 1 heterocycles. The third kappa shape index (κ3) is 2.82. The monoisotopic (exact) mass is 203 g/mol.